The molecule has 1 aliphatic rings. The Labute approximate surface area is 224 Å². The van der Waals surface area contributed by atoms with Crippen molar-refractivity contribution in [1.82, 2.24) is 4.90 Å². The van der Waals surface area contributed by atoms with E-state index in [0.29, 0.717) is 28.3 Å². The number of imide groups is 1. The van der Waals surface area contributed by atoms with Gasteiger partial charge in [0, 0.05) is 11.3 Å². The number of nitrogens with one attached hydrogen (secondary N) is 1. The van der Waals surface area contributed by atoms with Crippen molar-refractivity contribution >= 4 is 40.6 Å². The van der Waals surface area contributed by atoms with Crippen LogP contribution in [0.5, 0.6) is 11.5 Å². The van der Waals surface area contributed by atoms with E-state index in [1.54, 1.807) is 36.4 Å². The van der Waals surface area contributed by atoms with E-state index >= 15 is 0 Å². The van der Waals surface area contributed by atoms with Gasteiger partial charge in [-0.2, -0.15) is 5.26 Å². The van der Waals surface area contributed by atoms with Crippen molar-refractivity contribution in [1.29, 1.82) is 5.26 Å². The first-order valence-electron chi connectivity index (χ1n) is 11.7. The largest absolute Gasteiger partial charge is 0.493 e. The normalized spacial score (nSPS) is 13.9. The summed E-state index contributed by atoms with van der Waals surface area (Å²) in [6.45, 7) is 3.59. The lowest BCUT2D eigenvalue weighted by Gasteiger charge is -2.14. The molecule has 1 saturated heterocycles. The summed E-state index contributed by atoms with van der Waals surface area (Å²) in [5, 5.41) is 11.5. The fourth-order valence-electron chi connectivity index (χ4n) is 3.80. The Bertz CT molecular complexity index is 1490. The average molecular weight is 528 g/mol. The summed E-state index contributed by atoms with van der Waals surface area (Å²) in [6.07, 6.45) is 1.57. The molecule has 192 valence electrons. The number of ether oxygens (including phenoxy) is 2. The molecule has 38 heavy (non-hydrogen) atoms. The number of carbonyl (C=O) groups excluding carboxylic acids is 3. The fraction of sp³-hybridized carbons (Fsp3) is 0.172. The minimum atomic E-state index is -0.538. The molecule has 3 aromatic carbocycles. The van der Waals surface area contributed by atoms with Crippen molar-refractivity contribution in [2.75, 3.05) is 19.0 Å². The van der Waals surface area contributed by atoms with Gasteiger partial charge in [0.15, 0.2) is 11.5 Å². The van der Waals surface area contributed by atoms with Gasteiger partial charge in [0.1, 0.15) is 13.2 Å². The van der Waals surface area contributed by atoms with Crippen molar-refractivity contribution in [3.05, 3.63) is 93.4 Å². The van der Waals surface area contributed by atoms with Gasteiger partial charge < -0.3 is 14.8 Å². The molecule has 0 unspecified atom stereocenters. The lowest BCUT2D eigenvalue weighted by molar-refractivity contribution is -0.127. The third kappa shape index (κ3) is 6.05. The fourth-order valence-corrected chi connectivity index (χ4v) is 4.63. The molecule has 9 heteroatoms. The zero-order valence-electron chi connectivity index (χ0n) is 21.1. The highest BCUT2D eigenvalue weighted by Crippen LogP contribution is 2.35. The van der Waals surface area contributed by atoms with Crippen LogP contribution < -0.4 is 14.8 Å². The standard InChI is InChI=1S/C29H25N3O5S/c1-18-8-9-19(2)23(12-18)31-27(33)16-32-28(34)26(38-29(32)35)14-20-10-11-24(25(13-20)36-3)37-17-22-7-5-4-6-21(22)15-30/h4-14H,16-17H2,1-3H3,(H,31,33)/b26-14-. The van der Waals surface area contributed by atoms with Crippen LogP contribution in [0, 0.1) is 25.2 Å². The highest BCUT2D eigenvalue weighted by Gasteiger charge is 2.36. The predicted molar refractivity (Wildman–Crippen MR) is 146 cm³/mol. The lowest BCUT2D eigenvalue weighted by atomic mass is 10.1. The van der Waals surface area contributed by atoms with Crippen LogP contribution in [0.2, 0.25) is 0 Å². The molecule has 0 aromatic heterocycles. The highest BCUT2D eigenvalue weighted by molar-refractivity contribution is 8.18. The van der Waals surface area contributed by atoms with Gasteiger partial charge in [-0.05, 0) is 72.6 Å². The van der Waals surface area contributed by atoms with Crippen molar-refractivity contribution < 1.29 is 23.9 Å². The Morgan fingerprint density at radius 3 is 2.63 bits per heavy atom. The summed E-state index contributed by atoms with van der Waals surface area (Å²) in [5.41, 5.74) is 4.41. The Hall–Kier alpha value is -4.55. The average Bonchev–Trinajstić information content (AvgIpc) is 3.17. The van der Waals surface area contributed by atoms with E-state index in [9.17, 15) is 19.6 Å². The number of nitrogens with zero attached hydrogens (tertiary/aromatic N) is 2. The first kappa shape index (κ1) is 26.5. The maximum absolute atomic E-state index is 12.9. The van der Waals surface area contributed by atoms with E-state index in [0.717, 1.165) is 33.4 Å². The van der Waals surface area contributed by atoms with Crippen molar-refractivity contribution in [2.24, 2.45) is 0 Å². The number of amides is 3. The zero-order valence-corrected chi connectivity index (χ0v) is 21.9. The third-order valence-electron chi connectivity index (χ3n) is 5.85. The number of hydrogen-bond donors (Lipinski definition) is 1. The molecule has 1 heterocycles. The number of anilines is 1. The minimum Gasteiger partial charge on any atom is -0.493 e. The first-order chi connectivity index (χ1) is 18.3. The second-order valence-electron chi connectivity index (χ2n) is 8.60. The number of hydrogen-bond acceptors (Lipinski definition) is 7. The molecule has 1 fully saturated rings. The van der Waals surface area contributed by atoms with E-state index < -0.39 is 17.1 Å². The maximum atomic E-state index is 12.9. The molecule has 0 bridgehead atoms. The Kier molecular flexibility index (Phi) is 8.14. The molecule has 0 aliphatic carbocycles. The van der Waals surface area contributed by atoms with Gasteiger partial charge in [-0.25, -0.2) is 0 Å². The van der Waals surface area contributed by atoms with E-state index in [-0.39, 0.29) is 18.1 Å². The second kappa shape index (κ2) is 11.7. The highest BCUT2D eigenvalue weighted by atomic mass is 32.2. The van der Waals surface area contributed by atoms with Crippen molar-refractivity contribution in [2.45, 2.75) is 20.5 Å². The number of methoxy groups -OCH3 is 1. The van der Waals surface area contributed by atoms with E-state index in [1.165, 1.54) is 7.11 Å². The number of rotatable bonds is 8. The van der Waals surface area contributed by atoms with Crippen LogP contribution in [0.1, 0.15) is 27.8 Å². The molecule has 0 atom stereocenters. The van der Waals surface area contributed by atoms with Crippen LogP contribution in [0.3, 0.4) is 0 Å². The van der Waals surface area contributed by atoms with Crippen LogP contribution in [0.4, 0.5) is 10.5 Å². The van der Waals surface area contributed by atoms with Gasteiger partial charge in [-0.1, -0.05) is 36.4 Å². The van der Waals surface area contributed by atoms with Gasteiger partial charge in [-0.3, -0.25) is 19.3 Å². The second-order valence-corrected chi connectivity index (χ2v) is 9.60. The summed E-state index contributed by atoms with van der Waals surface area (Å²) in [4.78, 5) is 39.2. The molecule has 0 saturated carbocycles. The van der Waals surface area contributed by atoms with Crippen LogP contribution in [-0.2, 0) is 16.2 Å². The quantitative estimate of drug-likeness (QED) is 0.389. The lowest BCUT2D eigenvalue weighted by Crippen LogP contribution is -2.36. The van der Waals surface area contributed by atoms with Gasteiger partial charge in [0.05, 0.1) is 23.6 Å². The third-order valence-corrected chi connectivity index (χ3v) is 6.76. The topological polar surface area (TPSA) is 109 Å². The zero-order chi connectivity index (χ0) is 27.2. The monoisotopic (exact) mass is 527 g/mol. The number of carbonyl (C=O) groups is 3. The first-order valence-corrected chi connectivity index (χ1v) is 12.5. The van der Waals surface area contributed by atoms with E-state index in [2.05, 4.69) is 11.4 Å². The van der Waals surface area contributed by atoms with Gasteiger partial charge >= 0.3 is 0 Å². The molecule has 1 aliphatic heterocycles. The smallest absolute Gasteiger partial charge is 0.294 e. The van der Waals surface area contributed by atoms with Gasteiger partial charge in [0.2, 0.25) is 5.91 Å². The van der Waals surface area contributed by atoms with E-state index in [4.69, 9.17) is 9.47 Å². The maximum Gasteiger partial charge on any atom is 0.294 e. The number of thioether (sulfide) groups is 1. The van der Waals surface area contributed by atoms with Crippen molar-refractivity contribution in [3.8, 4) is 17.6 Å². The van der Waals surface area contributed by atoms with Gasteiger partial charge in [0.25, 0.3) is 11.1 Å². The molecule has 3 amide bonds. The summed E-state index contributed by atoms with van der Waals surface area (Å²) in [6, 6.07) is 20.1. The Morgan fingerprint density at radius 1 is 1.08 bits per heavy atom. The van der Waals surface area contributed by atoms with Crippen molar-refractivity contribution in [3.63, 3.8) is 0 Å². The SMILES string of the molecule is COc1cc(/C=C2\SC(=O)N(CC(=O)Nc3cc(C)ccc3C)C2=O)ccc1OCc1ccccc1C#N. The molecule has 8 nitrogen and oxygen atoms in total. The van der Waals surface area contributed by atoms with Crippen LogP contribution >= 0.6 is 11.8 Å². The minimum absolute atomic E-state index is 0.183. The summed E-state index contributed by atoms with van der Waals surface area (Å²) >= 11 is 0.776. The van der Waals surface area contributed by atoms with Crippen LogP contribution in [0.25, 0.3) is 6.08 Å². The Morgan fingerprint density at radius 2 is 1.87 bits per heavy atom. The number of benzene rings is 3. The molecule has 3 aromatic rings. The van der Waals surface area contributed by atoms with Crippen LogP contribution in [0.15, 0.2) is 65.6 Å². The molecular formula is C29H25N3O5S. The summed E-state index contributed by atoms with van der Waals surface area (Å²) < 4.78 is 11.3. The number of nitriles is 1. The summed E-state index contributed by atoms with van der Waals surface area (Å²) in [7, 11) is 1.50. The molecule has 1 N–H and O–H groups in total. The molecule has 4 rings (SSSR count). The summed E-state index contributed by atoms with van der Waals surface area (Å²) in [5.74, 6) is -0.0964. The molecule has 0 spiro atoms. The van der Waals surface area contributed by atoms with E-state index in [1.807, 2.05) is 44.2 Å². The predicted octanol–water partition coefficient (Wildman–Crippen LogP) is 5.44. The van der Waals surface area contributed by atoms with Gasteiger partial charge in [-0.15, -0.1) is 0 Å². The number of aryl methyl sites for hydroxylation is 2. The van der Waals surface area contributed by atoms with Crippen LogP contribution in [-0.4, -0.2) is 35.6 Å². The molecule has 0 radical (unpaired) electrons. The molecular weight excluding hydrogens is 502 g/mol. The Balaban J connectivity index is 1.45.